The van der Waals surface area contributed by atoms with Crippen LogP contribution in [0.15, 0.2) is 5.38 Å². The predicted octanol–water partition coefficient (Wildman–Crippen LogP) is 2.60. The van der Waals surface area contributed by atoms with Gasteiger partial charge in [0.25, 0.3) is 0 Å². The van der Waals surface area contributed by atoms with Gasteiger partial charge in [-0.1, -0.05) is 20.8 Å². The summed E-state index contributed by atoms with van der Waals surface area (Å²) >= 11 is 3.49. The molecule has 0 amide bonds. The first-order valence-corrected chi connectivity index (χ1v) is 8.67. The lowest BCUT2D eigenvalue weighted by Crippen LogP contribution is -2.45. The van der Waals surface area contributed by atoms with Crippen LogP contribution in [0.5, 0.6) is 0 Å². The Bertz CT molecular complexity index is 451. The third kappa shape index (κ3) is 3.80. The number of hydrogen-bond donors (Lipinski definition) is 0. The van der Waals surface area contributed by atoms with Gasteiger partial charge in [0.15, 0.2) is 5.78 Å². The van der Waals surface area contributed by atoms with E-state index in [0.717, 1.165) is 28.8 Å². The number of rotatable bonds is 3. The molecule has 0 saturated carbocycles. The lowest BCUT2D eigenvalue weighted by Gasteiger charge is -2.30. The second kappa shape index (κ2) is 5.94. The van der Waals surface area contributed by atoms with Gasteiger partial charge in [0, 0.05) is 28.8 Å². The van der Waals surface area contributed by atoms with Crippen molar-refractivity contribution in [1.82, 2.24) is 9.88 Å². The molecule has 1 saturated heterocycles. The van der Waals surface area contributed by atoms with Gasteiger partial charge in [0.05, 0.1) is 18.2 Å². The van der Waals surface area contributed by atoms with Crippen molar-refractivity contribution >= 4 is 28.9 Å². The molecule has 0 N–H and O–H groups in total. The lowest BCUT2D eigenvalue weighted by molar-refractivity contribution is -0.122. The molecule has 2 rings (SSSR count). The maximum absolute atomic E-state index is 12.3. The number of aromatic nitrogens is 1. The standard InChI is InChI=1S/C14H22N2OS2/c1-14(2,3)12-9-19-13(15-12)7-11(17)10-8-18-6-5-16(10)4/h9-10H,5-8H2,1-4H3. The summed E-state index contributed by atoms with van der Waals surface area (Å²) in [6, 6.07) is 0.0701. The Labute approximate surface area is 123 Å². The fourth-order valence-electron chi connectivity index (χ4n) is 2.03. The molecule has 0 aliphatic carbocycles. The second-order valence-electron chi connectivity index (χ2n) is 6.09. The number of ketones is 1. The van der Waals surface area contributed by atoms with Gasteiger partial charge in [-0.15, -0.1) is 11.3 Å². The second-order valence-corrected chi connectivity index (χ2v) is 8.18. The van der Waals surface area contributed by atoms with Gasteiger partial charge in [-0.2, -0.15) is 11.8 Å². The van der Waals surface area contributed by atoms with Crippen molar-refractivity contribution in [3.05, 3.63) is 16.1 Å². The van der Waals surface area contributed by atoms with Crippen LogP contribution in [0.1, 0.15) is 31.5 Å². The minimum absolute atomic E-state index is 0.0648. The molecule has 0 bridgehead atoms. The average Bonchev–Trinajstić information content (AvgIpc) is 2.77. The molecule has 1 aromatic rings. The van der Waals surface area contributed by atoms with Crippen LogP contribution >= 0.6 is 23.1 Å². The third-order valence-corrected chi connectivity index (χ3v) is 5.28. The Morgan fingerprint density at radius 2 is 2.26 bits per heavy atom. The summed E-state index contributed by atoms with van der Waals surface area (Å²) in [6.45, 7) is 7.46. The number of hydrogen-bond acceptors (Lipinski definition) is 5. The van der Waals surface area contributed by atoms with Gasteiger partial charge in [-0.3, -0.25) is 9.69 Å². The maximum atomic E-state index is 12.3. The molecule has 19 heavy (non-hydrogen) atoms. The minimum Gasteiger partial charge on any atom is -0.297 e. The van der Waals surface area contributed by atoms with Crippen LogP contribution in [-0.2, 0) is 16.6 Å². The Hall–Kier alpha value is -0.390. The molecular weight excluding hydrogens is 276 g/mol. The number of carbonyl (C=O) groups is 1. The molecule has 3 nitrogen and oxygen atoms in total. The third-order valence-electron chi connectivity index (χ3n) is 3.41. The molecule has 2 heterocycles. The smallest absolute Gasteiger partial charge is 0.157 e. The molecule has 1 atom stereocenters. The zero-order chi connectivity index (χ0) is 14.0. The highest BCUT2D eigenvalue weighted by atomic mass is 32.2. The summed E-state index contributed by atoms with van der Waals surface area (Å²) in [5.74, 6) is 2.36. The molecule has 0 radical (unpaired) electrons. The van der Waals surface area contributed by atoms with Gasteiger partial charge in [0.2, 0.25) is 0 Å². The van der Waals surface area contributed by atoms with Gasteiger partial charge in [0.1, 0.15) is 5.01 Å². The molecule has 5 heteroatoms. The van der Waals surface area contributed by atoms with Crippen LogP contribution in [0.4, 0.5) is 0 Å². The van der Waals surface area contributed by atoms with Gasteiger partial charge in [-0.05, 0) is 7.05 Å². The van der Waals surface area contributed by atoms with E-state index >= 15 is 0 Å². The summed E-state index contributed by atoms with van der Waals surface area (Å²) in [5, 5.41) is 3.04. The lowest BCUT2D eigenvalue weighted by atomic mass is 9.93. The Kier molecular flexibility index (Phi) is 4.69. The van der Waals surface area contributed by atoms with Gasteiger partial charge < -0.3 is 0 Å². The van der Waals surface area contributed by atoms with Crippen molar-refractivity contribution in [3.8, 4) is 0 Å². The zero-order valence-electron chi connectivity index (χ0n) is 12.1. The van der Waals surface area contributed by atoms with Crippen LogP contribution in [0.3, 0.4) is 0 Å². The fraction of sp³-hybridized carbons (Fsp3) is 0.714. The highest BCUT2D eigenvalue weighted by Crippen LogP contribution is 2.25. The minimum atomic E-state index is 0.0648. The first kappa shape index (κ1) is 15.0. The zero-order valence-corrected chi connectivity index (χ0v) is 13.7. The quantitative estimate of drug-likeness (QED) is 0.859. The first-order chi connectivity index (χ1) is 8.88. The van der Waals surface area contributed by atoms with Crippen LogP contribution < -0.4 is 0 Å². The summed E-state index contributed by atoms with van der Waals surface area (Å²) < 4.78 is 0. The Morgan fingerprint density at radius 3 is 2.84 bits per heavy atom. The Morgan fingerprint density at radius 1 is 1.53 bits per heavy atom. The molecule has 106 valence electrons. The largest absolute Gasteiger partial charge is 0.297 e. The van der Waals surface area contributed by atoms with Gasteiger partial charge in [-0.25, -0.2) is 4.98 Å². The van der Waals surface area contributed by atoms with Crippen molar-refractivity contribution in [2.45, 2.75) is 38.6 Å². The van der Waals surface area contributed by atoms with E-state index in [4.69, 9.17) is 0 Å². The highest BCUT2D eigenvalue weighted by molar-refractivity contribution is 7.99. The molecule has 1 aliphatic heterocycles. The topological polar surface area (TPSA) is 33.2 Å². The molecule has 1 fully saturated rings. The molecule has 1 aliphatic rings. The monoisotopic (exact) mass is 298 g/mol. The number of Topliss-reactive ketones (excluding diaryl/α,β-unsaturated/α-hetero) is 1. The normalized spacial score (nSPS) is 21.6. The first-order valence-electron chi connectivity index (χ1n) is 6.63. The van der Waals surface area contributed by atoms with Crippen molar-refractivity contribution in [1.29, 1.82) is 0 Å². The van der Waals surface area contributed by atoms with Crippen LogP contribution in [-0.4, -0.2) is 46.8 Å². The summed E-state index contributed by atoms with van der Waals surface area (Å²) in [4.78, 5) is 19.1. The van der Waals surface area contributed by atoms with Crippen LogP contribution in [0, 0.1) is 0 Å². The van der Waals surface area contributed by atoms with Gasteiger partial charge >= 0.3 is 0 Å². The van der Waals surface area contributed by atoms with E-state index in [-0.39, 0.29) is 11.5 Å². The molecule has 0 spiro atoms. The molecule has 1 unspecified atom stereocenters. The molecule has 0 aromatic carbocycles. The Balaban J connectivity index is 2.00. The SMILES string of the molecule is CN1CCSCC1C(=O)Cc1nc(C(C)(C)C)cs1. The molecular formula is C14H22N2OS2. The predicted molar refractivity (Wildman–Crippen MR) is 83.3 cm³/mol. The van der Waals surface area contributed by atoms with E-state index in [1.165, 1.54) is 0 Å². The average molecular weight is 298 g/mol. The van der Waals surface area contributed by atoms with E-state index in [0.29, 0.717) is 12.2 Å². The van der Waals surface area contributed by atoms with Crippen molar-refractivity contribution in [3.63, 3.8) is 0 Å². The van der Waals surface area contributed by atoms with E-state index in [1.807, 2.05) is 18.8 Å². The maximum Gasteiger partial charge on any atom is 0.157 e. The van der Waals surface area contributed by atoms with E-state index in [1.54, 1.807) is 11.3 Å². The van der Waals surface area contributed by atoms with E-state index < -0.39 is 0 Å². The van der Waals surface area contributed by atoms with Crippen molar-refractivity contribution in [2.24, 2.45) is 0 Å². The number of thioether (sulfide) groups is 1. The highest BCUT2D eigenvalue weighted by Gasteiger charge is 2.27. The van der Waals surface area contributed by atoms with Crippen molar-refractivity contribution < 1.29 is 4.79 Å². The number of carbonyl (C=O) groups excluding carboxylic acids is 1. The van der Waals surface area contributed by atoms with Crippen molar-refractivity contribution in [2.75, 3.05) is 25.1 Å². The fourth-order valence-corrected chi connectivity index (χ4v) is 4.31. The molecule has 1 aromatic heterocycles. The van der Waals surface area contributed by atoms with E-state index in [9.17, 15) is 4.79 Å². The summed E-state index contributed by atoms with van der Waals surface area (Å²) in [5.41, 5.74) is 1.15. The summed E-state index contributed by atoms with van der Waals surface area (Å²) in [7, 11) is 2.05. The summed E-state index contributed by atoms with van der Waals surface area (Å²) in [6.07, 6.45) is 0.482. The number of likely N-dealkylation sites (N-methyl/N-ethyl adjacent to an activating group) is 1. The van der Waals surface area contributed by atoms with Crippen LogP contribution in [0.2, 0.25) is 0 Å². The van der Waals surface area contributed by atoms with Crippen LogP contribution in [0.25, 0.3) is 0 Å². The number of thiazole rings is 1. The van der Waals surface area contributed by atoms with E-state index in [2.05, 4.69) is 36.0 Å². The number of nitrogens with zero attached hydrogens (tertiary/aromatic N) is 2.